The van der Waals surface area contributed by atoms with E-state index in [1.165, 1.54) is 11.1 Å². The van der Waals surface area contributed by atoms with Gasteiger partial charge in [-0.3, -0.25) is 19.4 Å². The average Bonchev–Trinajstić information content (AvgIpc) is 2.64. The maximum absolute atomic E-state index is 11.2. The molecule has 6 heteroatoms. The van der Waals surface area contributed by atoms with Gasteiger partial charge in [0.2, 0.25) is 0 Å². The van der Waals surface area contributed by atoms with Gasteiger partial charge in [0.15, 0.2) is 0 Å². The number of rotatable bonds is 6. The van der Waals surface area contributed by atoms with E-state index < -0.39 is 11.9 Å². The van der Waals surface area contributed by atoms with E-state index >= 15 is 0 Å². The van der Waals surface area contributed by atoms with Gasteiger partial charge < -0.3 is 10.2 Å². The van der Waals surface area contributed by atoms with Gasteiger partial charge in [0.25, 0.3) is 0 Å². The van der Waals surface area contributed by atoms with Crippen molar-refractivity contribution in [3.05, 3.63) is 35.4 Å². The Morgan fingerprint density at radius 2 is 1.19 bits per heavy atom. The molecule has 26 heavy (non-hydrogen) atoms. The summed E-state index contributed by atoms with van der Waals surface area (Å²) in [5, 5.41) is 18.4. The summed E-state index contributed by atoms with van der Waals surface area (Å²) in [7, 11) is 0. The highest BCUT2D eigenvalue weighted by atomic mass is 16.4. The number of likely N-dealkylation sites (tertiary alicyclic amines) is 2. The van der Waals surface area contributed by atoms with Gasteiger partial charge in [0, 0.05) is 26.2 Å². The van der Waals surface area contributed by atoms with Crippen molar-refractivity contribution >= 4 is 11.9 Å². The molecule has 0 saturated carbocycles. The van der Waals surface area contributed by atoms with Crippen LogP contribution in [0.5, 0.6) is 0 Å². The molecule has 3 rings (SSSR count). The summed E-state index contributed by atoms with van der Waals surface area (Å²) in [5.74, 6) is -1.87. The molecule has 1 aromatic carbocycles. The van der Waals surface area contributed by atoms with Crippen LogP contribution < -0.4 is 0 Å². The Hall–Kier alpha value is -1.92. The molecule has 0 radical (unpaired) electrons. The minimum atomic E-state index is -0.689. The van der Waals surface area contributed by atoms with Crippen molar-refractivity contribution in [3.8, 4) is 0 Å². The molecule has 0 spiro atoms. The molecule has 0 aliphatic carbocycles. The van der Waals surface area contributed by atoms with Crippen LogP contribution in [0.3, 0.4) is 0 Å². The van der Waals surface area contributed by atoms with Gasteiger partial charge in [0.1, 0.15) is 0 Å². The number of hydrogen-bond acceptors (Lipinski definition) is 4. The Morgan fingerprint density at radius 3 is 1.54 bits per heavy atom. The largest absolute Gasteiger partial charge is 0.481 e. The maximum Gasteiger partial charge on any atom is 0.307 e. The van der Waals surface area contributed by atoms with Crippen molar-refractivity contribution < 1.29 is 19.8 Å². The molecule has 2 heterocycles. The highest BCUT2D eigenvalue weighted by Crippen LogP contribution is 2.21. The second-order valence-electron chi connectivity index (χ2n) is 7.64. The zero-order valence-corrected chi connectivity index (χ0v) is 15.1. The fourth-order valence-electron chi connectivity index (χ4n) is 4.07. The Morgan fingerprint density at radius 1 is 0.808 bits per heavy atom. The van der Waals surface area contributed by atoms with Crippen LogP contribution in [-0.4, -0.2) is 58.1 Å². The first-order chi connectivity index (χ1) is 12.5. The van der Waals surface area contributed by atoms with E-state index in [4.69, 9.17) is 0 Å². The average molecular weight is 360 g/mol. The Bertz CT molecular complexity index is 576. The summed E-state index contributed by atoms with van der Waals surface area (Å²) in [6.45, 7) is 4.73. The highest BCUT2D eigenvalue weighted by molar-refractivity contribution is 5.70. The Kier molecular flexibility index (Phi) is 6.27. The van der Waals surface area contributed by atoms with Crippen LogP contribution in [0.1, 0.15) is 36.8 Å². The lowest BCUT2D eigenvalue weighted by atomic mass is 9.97. The molecule has 0 amide bonds. The molecule has 2 unspecified atom stereocenters. The SMILES string of the molecule is O=C(O)C1CCCN(Cc2ccc(CN3CCCC(C(=O)O)C3)cc2)C1. The lowest BCUT2D eigenvalue weighted by Crippen LogP contribution is -2.38. The van der Waals surface area contributed by atoms with Gasteiger partial charge in [-0.1, -0.05) is 24.3 Å². The van der Waals surface area contributed by atoms with E-state index in [9.17, 15) is 19.8 Å². The minimum Gasteiger partial charge on any atom is -0.481 e. The number of benzene rings is 1. The summed E-state index contributed by atoms with van der Waals surface area (Å²) in [5.41, 5.74) is 2.39. The predicted molar refractivity (Wildman–Crippen MR) is 97.7 cm³/mol. The predicted octanol–water partition coefficient (Wildman–Crippen LogP) is 2.28. The van der Waals surface area contributed by atoms with Gasteiger partial charge in [-0.2, -0.15) is 0 Å². The molecule has 6 nitrogen and oxygen atoms in total. The molecule has 1 aromatic rings. The molecule has 2 aliphatic heterocycles. The van der Waals surface area contributed by atoms with E-state index in [0.717, 1.165) is 51.9 Å². The first-order valence-corrected chi connectivity index (χ1v) is 9.49. The summed E-state index contributed by atoms with van der Waals surface area (Å²) in [6.07, 6.45) is 3.43. The number of hydrogen-bond donors (Lipinski definition) is 2. The summed E-state index contributed by atoms with van der Waals surface area (Å²) < 4.78 is 0. The molecular weight excluding hydrogens is 332 g/mol. The molecular formula is C20H28N2O4. The van der Waals surface area contributed by atoms with Crippen molar-refractivity contribution in [1.82, 2.24) is 9.80 Å². The number of nitrogens with zero attached hydrogens (tertiary/aromatic N) is 2. The molecule has 142 valence electrons. The van der Waals surface area contributed by atoms with Crippen molar-refractivity contribution in [1.29, 1.82) is 0 Å². The molecule has 2 fully saturated rings. The van der Waals surface area contributed by atoms with Crippen LogP contribution >= 0.6 is 0 Å². The highest BCUT2D eigenvalue weighted by Gasteiger charge is 2.26. The molecule has 2 aliphatic rings. The summed E-state index contributed by atoms with van der Waals surface area (Å²) >= 11 is 0. The van der Waals surface area contributed by atoms with Crippen LogP contribution in [-0.2, 0) is 22.7 Å². The molecule has 2 N–H and O–H groups in total. The maximum atomic E-state index is 11.2. The zero-order valence-electron chi connectivity index (χ0n) is 15.1. The first kappa shape index (κ1) is 18.9. The van der Waals surface area contributed by atoms with Crippen molar-refractivity contribution in [2.75, 3.05) is 26.2 Å². The Balaban J connectivity index is 1.52. The normalized spacial score (nSPS) is 25.1. The standard InChI is InChI=1S/C20H28N2O4/c23-19(24)17-3-1-9-21(13-17)11-15-5-7-16(8-6-15)12-22-10-2-4-18(14-22)20(25)26/h5-8,17-18H,1-4,9-14H2,(H,23,24)(H,25,26). The number of aliphatic carboxylic acids is 2. The van der Waals surface area contributed by atoms with Gasteiger partial charge in [0.05, 0.1) is 11.8 Å². The van der Waals surface area contributed by atoms with Crippen LogP contribution in [0.4, 0.5) is 0 Å². The van der Waals surface area contributed by atoms with Crippen molar-refractivity contribution in [3.63, 3.8) is 0 Å². The third-order valence-electron chi connectivity index (χ3n) is 5.54. The van der Waals surface area contributed by atoms with E-state index in [1.807, 2.05) is 0 Å². The first-order valence-electron chi connectivity index (χ1n) is 9.49. The number of carboxylic acid groups (broad SMARTS) is 2. The van der Waals surface area contributed by atoms with Gasteiger partial charge in [-0.25, -0.2) is 0 Å². The van der Waals surface area contributed by atoms with Crippen LogP contribution in [0.15, 0.2) is 24.3 Å². The summed E-state index contributed by atoms with van der Waals surface area (Å²) in [4.78, 5) is 26.8. The van der Waals surface area contributed by atoms with Crippen LogP contribution in [0.25, 0.3) is 0 Å². The second-order valence-corrected chi connectivity index (χ2v) is 7.64. The van der Waals surface area contributed by atoms with Crippen molar-refractivity contribution in [2.45, 2.75) is 38.8 Å². The van der Waals surface area contributed by atoms with E-state index in [1.54, 1.807) is 0 Å². The van der Waals surface area contributed by atoms with E-state index in [2.05, 4.69) is 34.1 Å². The monoisotopic (exact) mass is 360 g/mol. The van der Waals surface area contributed by atoms with Gasteiger partial charge in [-0.15, -0.1) is 0 Å². The van der Waals surface area contributed by atoms with E-state index in [-0.39, 0.29) is 11.8 Å². The third kappa shape index (κ3) is 5.05. The van der Waals surface area contributed by atoms with Crippen LogP contribution in [0.2, 0.25) is 0 Å². The smallest absolute Gasteiger partial charge is 0.307 e. The fourth-order valence-corrected chi connectivity index (χ4v) is 4.07. The fraction of sp³-hybridized carbons (Fsp3) is 0.600. The topological polar surface area (TPSA) is 81.1 Å². The molecule has 0 bridgehead atoms. The van der Waals surface area contributed by atoms with Gasteiger partial charge in [-0.05, 0) is 49.9 Å². The third-order valence-corrected chi connectivity index (χ3v) is 5.54. The van der Waals surface area contributed by atoms with E-state index in [0.29, 0.717) is 13.1 Å². The van der Waals surface area contributed by atoms with Crippen molar-refractivity contribution in [2.24, 2.45) is 11.8 Å². The number of carboxylic acids is 2. The number of piperidine rings is 2. The molecule has 2 saturated heterocycles. The quantitative estimate of drug-likeness (QED) is 0.810. The summed E-state index contributed by atoms with van der Waals surface area (Å²) in [6, 6.07) is 8.44. The lowest BCUT2D eigenvalue weighted by molar-refractivity contribution is -0.144. The minimum absolute atomic E-state index is 0.246. The number of carbonyl (C=O) groups is 2. The van der Waals surface area contributed by atoms with Gasteiger partial charge >= 0.3 is 11.9 Å². The second kappa shape index (κ2) is 8.64. The molecule has 2 atom stereocenters. The van der Waals surface area contributed by atoms with Crippen LogP contribution in [0, 0.1) is 11.8 Å². The zero-order chi connectivity index (χ0) is 18.5. The molecule has 0 aromatic heterocycles. The lowest BCUT2D eigenvalue weighted by Gasteiger charge is -2.31. The Labute approximate surface area is 154 Å².